The van der Waals surface area contributed by atoms with Crippen LogP contribution in [0.15, 0.2) is 47.8 Å². The Morgan fingerprint density at radius 2 is 2.25 bits per heavy atom. The summed E-state index contributed by atoms with van der Waals surface area (Å²) in [6, 6.07) is 9.38. The molecule has 100 valence electrons. The van der Waals surface area contributed by atoms with Crippen molar-refractivity contribution in [2.45, 2.75) is 13.3 Å². The summed E-state index contributed by atoms with van der Waals surface area (Å²) >= 11 is 0. The summed E-state index contributed by atoms with van der Waals surface area (Å²) < 4.78 is 1.88. The molecule has 0 aromatic carbocycles. The molecule has 0 aliphatic heterocycles. The van der Waals surface area contributed by atoms with Gasteiger partial charge in [-0.3, -0.25) is 9.20 Å². The highest BCUT2D eigenvalue weighted by Gasteiger charge is 2.04. The lowest BCUT2D eigenvalue weighted by Crippen LogP contribution is -2.23. The van der Waals surface area contributed by atoms with E-state index in [9.17, 15) is 4.79 Å². The normalized spacial score (nSPS) is 11.9. The van der Waals surface area contributed by atoms with Crippen LogP contribution in [0.1, 0.15) is 13.3 Å². The molecule has 3 rings (SSSR count). The van der Waals surface area contributed by atoms with Gasteiger partial charge in [-0.2, -0.15) is 5.10 Å². The molecule has 0 atom stereocenters. The Kier molecular flexibility index (Phi) is 3.12. The van der Waals surface area contributed by atoms with Crippen molar-refractivity contribution in [1.82, 2.24) is 19.8 Å². The molecule has 1 amide bonds. The van der Waals surface area contributed by atoms with Gasteiger partial charge in [0.1, 0.15) is 11.3 Å². The number of hydrogen-bond donors (Lipinski definition) is 1. The molecule has 3 aromatic rings. The Hall–Kier alpha value is -2.76. The fourth-order valence-electron chi connectivity index (χ4n) is 1.92. The van der Waals surface area contributed by atoms with Crippen LogP contribution in [0.2, 0.25) is 0 Å². The summed E-state index contributed by atoms with van der Waals surface area (Å²) in [5.74, 6) is -0.148. The Morgan fingerprint density at radius 3 is 3.10 bits per heavy atom. The van der Waals surface area contributed by atoms with Gasteiger partial charge in [0.15, 0.2) is 5.49 Å². The van der Waals surface area contributed by atoms with E-state index in [0.29, 0.717) is 11.9 Å². The third kappa shape index (κ3) is 2.11. The molecule has 0 fully saturated rings. The molecule has 6 heteroatoms. The van der Waals surface area contributed by atoms with Gasteiger partial charge in [-0.05, 0) is 24.3 Å². The topological polar surface area (TPSA) is 71.7 Å². The van der Waals surface area contributed by atoms with Gasteiger partial charge in [-0.15, -0.1) is 0 Å². The second kappa shape index (κ2) is 5.08. The van der Waals surface area contributed by atoms with E-state index in [1.807, 2.05) is 40.9 Å². The van der Waals surface area contributed by atoms with Crippen molar-refractivity contribution < 1.29 is 4.79 Å². The maximum atomic E-state index is 11.3. The first-order valence-electron chi connectivity index (χ1n) is 6.34. The lowest BCUT2D eigenvalue weighted by molar-refractivity contribution is -0.120. The van der Waals surface area contributed by atoms with Crippen molar-refractivity contribution in [3.63, 3.8) is 0 Å². The number of nitrogens with zero attached hydrogens (tertiary/aromatic N) is 4. The molecule has 1 N–H and O–H groups in total. The van der Waals surface area contributed by atoms with E-state index in [-0.39, 0.29) is 5.91 Å². The molecule has 20 heavy (non-hydrogen) atoms. The van der Waals surface area contributed by atoms with Gasteiger partial charge in [0.2, 0.25) is 5.91 Å². The van der Waals surface area contributed by atoms with Crippen LogP contribution in [0.3, 0.4) is 0 Å². The number of carbonyl (C=O) groups is 1. The summed E-state index contributed by atoms with van der Waals surface area (Å²) in [4.78, 5) is 20.2. The van der Waals surface area contributed by atoms with Crippen molar-refractivity contribution in [3.8, 4) is 0 Å². The fourth-order valence-corrected chi connectivity index (χ4v) is 1.92. The minimum absolute atomic E-state index is 0.148. The third-order valence-corrected chi connectivity index (χ3v) is 2.92. The standard InChI is InChI=1S/C14H13N5O/c1-2-12(20)17-18-13-10-6-5-8-15-14(10)19-9-4-3-7-11(19)16-13/h3-9H,2H2,1H3,(H,17,20)/b18-13+. The van der Waals surface area contributed by atoms with Crippen molar-refractivity contribution in [2.75, 3.05) is 0 Å². The van der Waals surface area contributed by atoms with Crippen LogP contribution in [0.5, 0.6) is 0 Å². The van der Waals surface area contributed by atoms with Gasteiger partial charge in [-0.25, -0.2) is 15.4 Å². The van der Waals surface area contributed by atoms with E-state index in [4.69, 9.17) is 0 Å². The average Bonchev–Trinajstić information content (AvgIpc) is 2.52. The van der Waals surface area contributed by atoms with Gasteiger partial charge in [0.05, 0.1) is 5.39 Å². The second-order valence-electron chi connectivity index (χ2n) is 4.24. The van der Waals surface area contributed by atoms with Crippen LogP contribution < -0.4 is 10.9 Å². The minimum Gasteiger partial charge on any atom is -0.285 e. The van der Waals surface area contributed by atoms with Gasteiger partial charge in [-0.1, -0.05) is 13.0 Å². The SMILES string of the molecule is CCC(=O)N/N=c1/nc2ccccn2c2ncccc12. The smallest absolute Gasteiger partial charge is 0.239 e. The highest BCUT2D eigenvalue weighted by Crippen LogP contribution is 2.07. The largest absolute Gasteiger partial charge is 0.285 e. The highest BCUT2D eigenvalue weighted by atomic mass is 16.2. The van der Waals surface area contributed by atoms with E-state index in [1.165, 1.54) is 0 Å². The maximum absolute atomic E-state index is 11.3. The Morgan fingerprint density at radius 1 is 1.35 bits per heavy atom. The molecule has 0 spiro atoms. The molecular weight excluding hydrogens is 254 g/mol. The van der Waals surface area contributed by atoms with Gasteiger partial charge in [0.25, 0.3) is 0 Å². The van der Waals surface area contributed by atoms with Crippen molar-refractivity contribution in [1.29, 1.82) is 0 Å². The number of rotatable bonds is 2. The molecule has 3 aromatic heterocycles. The van der Waals surface area contributed by atoms with Crippen LogP contribution in [-0.4, -0.2) is 20.3 Å². The number of aromatic nitrogens is 3. The van der Waals surface area contributed by atoms with Crippen molar-refractivity contribution in [3.05, 3.63) is 48.2 Å². The van der Waals surface area contributed by atoms with Gasteiger partial charge in [0, 0.05) is 18.8 Å². The zero-order valence-corrected chi connectivity index (χ0v) is 10.9. The molecular formula is C14H13N5O. The molecule has 3 heterocycles. The van der Waals surface area contributed by atoms with Gasteiger partial charge < -0.3 is 0 Å². The molecule has 0 aliphatic carbocycles. The molecule has 0 saturated carbocycles. The molecule has 0 bridgehead atoms. The highest BCUT2D eigenvalue weighted by molar-refractivity contribution is 5.77. The monoisotopic (exact) mass is 267 g/mol. The first-order valence-corrected chi connectivity index (χ1v) is 6.34. The molecule has 6 nitrogen and oxygen atoms in total. The van der Waals surface area contributed by atoms with E-state index >= 15 is 0 Å². The van der Waals surface area contributed by atoms with Crippen LogP contribution in [-0.2, 0) is 4.79 Å². The van der Waals surface area contributed by atoms with Gasteiger partial charge >= 0.3 is 0 Å². The van der Waals surface area contributed by atoms with Crippen LogP contribution in [0, 0.1) is 0 Å². The van der Waals surface area contributed by atoms with Crippen LogP contribution >= 0.6 is 0 Å². The maximum Gasteiger partial charge on any atom is 0.239 e. The third-order valence-electron chi connectivity index (χ3n) is 2.92. The predicted molar refractivity (Wildman–Crippen MR) is 74.5 cm³/mol. The van der Waals surface area contributed by atoms with Crippen LogP contribution in [0.4, 0.5) is 0 Å². The summed E-state index contributed by atoms with van der Waals surface area (Å²) in [5, 5.41) is 4.88. The summed E-state index contributed by atoms with van der Waals surface area (Å²) in [5.41, 5.74) is 4.43. The number of carbonyl (C=O) groups excluding carboxylic acids is 1. The second-order valence-corrected chi connectivity index (χ2v) is 4.24. The van der Waals surface area contributed by atoms with Crippen LogP contribution in [0.25, 0.3) is 16.7 Å². The lowest BCUT2D eigenvalue weighted by atomic mass is 10.3. The molecule has 0 radical (unpaired) electrons. The summed E-state index contributed by atoms with van der Waals surface area (Å²) in [6.45, 7) is 1.77. The first-order chi connectivity index (χ1) is 9.79. The average molecular weight is 267 g/mol. The number of pyridine rings is 2. The summed E-state index contributed by atoms with van der Waals surface area (Å²) in [6.07, 6.45) is 3.99. The molecule has 0 aliphatic rings. The predicted octanol–water partition coefficient (Wildman–Crippen LogP) is 1.22. The Labute approximate surface area is 114 Å². The Bertz CT molecular complexity index is 853. The quantitative estimate of drug-likeness (QED) is 0.560. The number of amides is 1. The van der Waals surface area contributed by atoms with Crippen molar-refractivity contribution >= 4 is 22.6 Å². The van der Waals surface area contributed by atoms with E-state index < -0.39 is 0 Å². The van der Waals surface area contributed by atoms with E-state index in [1.54, 1.807) is 13.1 Å². The minimum atomic E-state index is -0.148. The van der Waals surface area contributed by atoms with E-state index in [0.717, 1.165) is 16.7 Å². The fraction of sp³-hybridized carbons (Fsp3) is 0.143. The Balaban J connectivity index is 2.32. The number of fused-ring (bicyclic) bond motifs is 3. The molecule has 0 saturated heterocycles. The zero-order valence-electron chi connectivity index (χ0n) is 10.9. The number of hydrogen-bond acceptors (Lipinski definition) is 4. The lowest BCUT2D eigenvalue weighted by Gasteiger charge is -2.05. The zero-order chi connectivity index (χ0) is 13.9. The summed E-state index contributed by atoms with van der Waals surface area (Å²) in [7, 11) is 0. The van der Waals surface area contributed by atoms with E-state index in [2.05, 4.69) is 20.5 Å². The number of nitrogens with one attached hydrogen (secondary N) is 1. The first kappa shape index (κ1) is 12.3. The molecule has 0 unspecified atom stereocenters. The van der Waals surface area contributed by atoms with Crippen molar-refractivity contribution in [2.24, 2.45) is 5.10 Å².